The number of methoxy groups -OCH3 is 2. The largest absolute Gasteiger partial charge is 0.496 e. The van der Waals surface area contributed by atoms with Crippen LogP contribution in [0.25, 0.3) is 11.3 Å². The third-order valence-electron chi connectivity index (χ3n) is 5.06. The highest BCUT2D eigenvalue weighted by molar-refractivity contribution is 5.98. The molecule has 4 rings (SSSR count). The fourth-order valence-corrected chi connectivity index (χ4v) is 3.41. The number of aromatic nitrogens is 2. The summed E-state index contributed by atoms with van der Waals surface area (Å²) in [5.41, 5.74) is 3.73. The lowest BCUT2D eigenvalue weighted by molar-refractivity contribution is 0.0948. The number of hydrogen-bond acceptors (Lipinski definition) is 6. The average molecular weight is 441 g/mol. The first-order valence-corrected chi connectivity index (χ1v) is 10.4. The normalized spacial score (nSPS) is 10.4. The summed E-state index contributed by atoms with van der Waals surface area (Å²) in [6, 6.07) is 24.6. The molecule has 0 bridgehead atoms. The van der Waals surface area contributed by atoms with Crippen molar-refractivity contribution < 1.29 is 14.3 Å². The van der Waals surface area contributed by atoms with Gasteiger partial charge in [0, 0.05) is 23.9 Å². The summed E-state index contributed by atoms with van der Waals surface area (Å²) in [4.78, 5) is 21.5. The van der Waals surface area contributed by atoms with E-state index in [2.05, 4.69) is 20.6 Å². The molecule has 0 saturated heterocycles. The van der Waals surface area contributed by atoms with Crippen LogP contribution in [-0.4, -0.2) is 30.1 Å². The van der Waals surface area contributed by atoms with Crippen molar-refractivity contribution in [2.75, 3.05) is 19.5 Å². The Morgan fingerprint density at radius 3 is 2.39 bits per heavy atom. The van der Waals surface area contributed by atoms with Gasteiger partial charge in [-0.1, -0.05) is 42.5 Å². The second kappa shape index (κ2) is 10.3. The molecular formula is C26H24N4O3. The van der Waals surface area contributed by atoms with Crippen LogP contribution in [0.5, 0.6) is 11.5 Å². The van der Waals surface area contributed by atoms with Gasteiger partial charge in [0.15, 0.2) is 0 Å². The number of para-hydroxylation sites is 1. The van der Waals surface area contributed by atoms with Gasteiger partial charge in [0.1, 0.15) is 23.6 Å². The van der Waals surface area contributed by atoms with Gasteiger partial charge in [0.05, 0.1) is 25.5 Å². The maximum absolute atomic E-state index is 12.9. The number of nitrogens with zero attached hydrogens (tertiary/aromatic N) is 2. The van der Waals surface area contributed by atoms with E-state index in [1.807, 2.05) is 66.7 Å². The summed E-state index contributed by atoms with van der Waals surface area (Å²) in [6.45, 7) is 0.425. The number of nitrogens with one attached hydrogen (secondary N) is 2. The Balaban J connectivity index is 1.55. The maximum atomic E-state index is 12.9. The van der Waals surface area contributed by atoms with Gasteiger partial charge in [-0.3, -0.25) is 4.79 Å². The molecule has 1 amide bonds. The van der Waals surface area contributed by atoms with Gasteiger partial charge in [-0.25, -0.2) is 9.97 Å². The number of ether oxygens (including phenoxy) is 2. The zero-order valence-corrected chi connectivity index (χ0v) is 18.4. The third kappa shape index (κ3) is 5.27. The van der Waals surface area contributed by atoms with Crippen molar-refractivity contribution >= 4 is 17.4 Å². The third-order valence-corrected chi connectivity index (χ3v) is 5.06. The fourth-order valence-electron chi connectivity index (χ4n) is 3.41. The summed E-state index contributed by atoms with van der Waals surface area (Å²) in [7, 11) is 3.17. The number of carbonyl (C=O) groups excluding carboxylic acids is 1. The lowest BCUT2D eigenvalue weighted by atomic mass is 10.1. The standard InChI is InChI=1S/C26H24N4O3/c1-32-23-11-7-6-10-20(23)22-15-25(29-17-28-22)30-19-12-13-24(33-2)21(14-19)26(31)27-16-18-8-4-3-5-9-18/h3-15,17H,16H2,1-2H3,(H,27,31)(H,28,29,30). The van der Waals surface area contributed by atoms with Crippen LogP contribution in [0.2, 0.25) is 0 Å². The summed E-state index contributed by atoms with van der Waals surface area (Å²) >= 11 is 0. The van der Waals surface area contributed by atoms with Gasteiger partial charge in [-0.05, 0) is 35.9 Å². The highest BCUT2D eigenvalue weighted by Crippen LogP contribution is 2.30. The molecule has 7 nitrogen and oxygen atoms in total. The maximum Gasteiger partial charge on any atom is 0.255 e. The first kappa shape index (κ1) is 21.8. The Labute approximate surface area is 192 Å². The summed E-state index contributed by atoms with van der Waals surface area (Å²) in [5, 5.41) is 6.18. The van der Waals surface area contributed by atoms with Crippen molar-refractivity contribution in [2.45, 2.75) is 6.54 Å². The first-order valence-electron chi connectivity index (χ1n) is 10.4. The molecule has 0 aliphatic heterocycles. The number of rotatable bonds is 8. The molecule has 0 fully saturated rings. The molecule has 7 heteroatoms. The molecule has 1 aromatic heterocycles. The molecule has 33 heavy (non-hydrogen) atoms. The lowest BCUT2D eigenvalue weighted by Crippen LogP contribution is -2.23. The van der Waals surface area contributed by atoms with Crippen molar-refractivity contribution in [1.29, 1.82) is 0 Å². The molecule has 2 N–H and O–H groups in total. The van der Waals surface area contributed by atoms with E-state index < -0.39 is 0 Å². The van der Waals surface area contributed by atoms with Crippen molar-refractivity contribution in [1.82, 2.24) is 15.3 Å². The minimum absolute atomic E-state index is 0.225. The van der Waals surface area contributed by atoms with E-state index in [0.29, 0.717) is 29.4 Å². The predicted octanol–water partition coefficient (Wildman–Crippen LogP) is 4.83. The zero-order valence-electron chi connectivity index (χ0n) is 18.4. The number of carbonyl (C=O) groups is 1. The molecule has 0 aliphatic carbocycles. The van der Waals surface area contributed by atoms with E-state index in [4.69, 9.17) is 9.47 Å². The quantitative estimate of drug-likeness (QED) is 0.408. The van der Waals surface area contributed by atoms with Crippen molar-refractivity contribution in [3.63, 3.8) is 0 Å². The number of hydrogen-bond donors (Lipinski definition) is 2. The van der Waals surface area contributed by atoms with Gasteiger partial charge in [0.25, 0.3) is 5.91 Å². The Morgan fingerprint density at radius 2 is 1.61 bits per heavy atom. The van der Waals surface area contributed by atoms with Crippen LogP contribution in [0.1, 0.15) is 15.9 Å². The predicted molar refractivity (Wildman–Crippen MR) is 128 cm³/mol. The second-order valence-electron chi connectivity index (χ2n) is 7.20. The molecule has 3 aromatic carbocycles. The molecule has 0 saturated carbocycles. The van der Waals surface area contributed by atoms with E-state index in [1.54, 1.807) is 26.4 Å². The van der Waals surface area contributed by atoms with Gasteiger partial charge < -0.3 is 20.1 Å². The number of anilines is 2. The zero-order chi connectivity index (χ0) is 23.0. The van der Waals surface area contributed by atoms with Crippen LogP contribution in [0, 0.1) is 0 Å². The Morgan fingerprint density at radius 1 is 0.848 bits per heavy atom. The molecular weight excluding hydrogens is 416 g/mol. The molecule has 0 radical (unpaired) electrons. The van der Waals surface area contributed by atoms with Crippen LogP contribution in [0.3, 0.4) is 0 Å². The van der Waals surface area contributed by atoms with E-state index >= 15 is 0 Å². The minimum Gasteiger partial charge on any atom is -0.496 e. The highest BCUT2D eigenvalue weighted by Gasteiger charge is 2.14. The molecule has 4 aromatic rings. The first-order chi connectivity index (χ1) is 16.2. The van der Waals surface area contributed by atoms with E-state index in [0.717, 1.165) is 22.6 Å². The topological polar surface area (TPSA) is 85.4 Å². The SMILES string of the molecule is COc1ccc(Nc2cc(-c3ccccc3OC)ncn2)cc1C(=O)NCc1ccccc1. The fraction of sp³-hybridized carbons (Fsp3) is 0.115. The Hall–Kier alpha value is -4.39. The molecule has 0 atom stereocenters. The van der Waals surface area contributed by atoms with Crippen molar-refractivity contribution in [2.24, 2.45) is 0 Å². The lowest BCUT2D eigenvalue weighted by Gasteiger charge is -2.13. The average Bonchev–Trinajstić information content (AvgIpc) is 2.88. The Kier molecular flexibility index (Phi) is 6.80. The van der Waals surface area contributed by atoms with Crippen LogP contribution >= 0.6 is 0 Å². The Bertz CT molecular complexity index is 1250. The second-order valence-corrected chi connectivity index (χ2v) is 7.20. The minimum atomic E-state index is -0.225. The van der Waals surface area contributed by atoms with Crippen LogP contribution < -0.4 is 20.1 Å². The highest BCUT2D eigenvalue weighted by atomic mass is 16.5. The molecule has 0 unspecified atom stereocenters. The van der Waals surface area contributed by atoms with Gasteiger partial charge >= 0.3 is 0 Å². The van der Waals surface area contributed by atoms with Crippen molar-refractivity contribution in [3.05, 3.63) is 96.3 Å². The monoisotopic (exact) mass is 440 g/mol. The van der Waals surface area contributed by atoms with Gasteiger partial charge in [-0.15, -0.1) is 0 Å². The van der Waals surface area contributed by atoms with Crippen molar-refractivity contribution in [3.8, 4) is 22.8 Å². The van der Waals surface area contributed by atoms with Gasteiger partial charge in [0.2, 0.25) is 0 Å². The van der Waals surface area contributed by atoms with Crippen LogP contribution in [-0.2, 0) is 6.54 Å². The van der Waals surface area contributed by atoms with Crippen LogP contribution in [0.4, 0.5) is 11.5 Å². The molecule has 0 spiro atoms. The number of benzene rings is 3. The summed E-state index contributed by atoms with van der Waals surface area (Å²) < 4.78 is 10.8. The summed E-state index contributed by atoms with van der Waals surface area (Å²) in [5.74, 6) is 1.58. The smallest absolute Gasteiger partial charge is 0.255 e. The van der Waals surface area contributed by atoms with E-state index in [9.17, 15) is 4.79 Å². The molecule has 0 aliphatic rings. The van der Waals surface area contributed by atoms with E-state index in [-0.39, 0.29) is 5.91 Å². The van der Waals surface area contributed by atoms with Crippen LogP contribution in [0.15, 0.2) is 85.2 Å². The van der Waals surface area contributed by atoms with E-state index in [1.165, 1.54) is 6.33 Å². The molecule has 166 valence electrons. The number of amides is 1. The molecule has 1 heterocycles. The van der Waals surface area contributed by atoms with Gasteiger partial charge in [-0.2, -0.15) is 0 Å². The summed E-state index contributed by atoms with van der Waals surface area (Å²) in [6.07, 6.45) is 1.49.